The third-order valence-corrected chi connectivity index (χ3v) is 6.03. The van der Waals surface area contributed by atoms with Crippen molar-refractivity contribution in [2.45, 2.75) is 37.3 Å². The number of anilines is 1. The number of carbonyl (C=O) groups is 1. The predicted molar refractivity (Wildman–Crippen MR) is 110 cm³/mol. The number of halogens is 4. The fourth-order valence-corrected chi connectivity index (χ4v) is 3.98. The van der Waals surface area contributed by atoms with Crippen molar-refractivity contribution in [1.82, 2.24) is 20.3 Å². The van der Waals surface area contributed by atoms with E-state index in [-0.39, 0.29) is 36.4 Å². The van der Waals surface area contributed by atoms with Crippen LogP contribution in [0, 0.1) is 5.82 Å². The summed E-state index contributed by atoms with van der Waals surface area (Å²) in [6, 6.07) is 7.33. The van der Waals surface area contributed by atoms with Crippen molar-refractivity contribution in [3.63, 3.8) is 0 Å². The van der Waals surface area contributed by atoms with Crippen LogP contribution in [0.5, 0.6) is 0 Å². The van der Waals surface area contributed by atoms with Gasteiger partial charge in [0.15, 0.2) is 17.2 Å². The molecular weight excluding hydrogens is 442 g/mol. The smallest absolute Gasteiger partial charge is 0.358 e. The summed E-state index contributed by atoms with van der Waals surface area (Å²) in [5.41, 5.74) is -0.0564. The lowest BCUT2D eigenvalue weighted by atomic mass is 9.66. The van der Waals surface area contributed by atoms with Crippen molar-refractivity contribution in [3.8, 4) is 11.1 Å². The van der Waals surface area contributed by atoms with E-state index in [1.54, 1.807) is 18.5 Å². The highest BCUT2D eigenvalue weighted by Gasteiger charge is 2.61. The summed E-state index contributed by atoms with van der Waals surface area (Å²) in [5, 5.41) is 13.3. The van der Waals surface area contributed by atoms with Gasteiger partial charge in [-0.2, -0.15) is 18.3 Å². The molecule has 170 valence electrons. The summed E-state index contributed by atoms with van der Waals surface area (Å²) in [6.07, 6.45) is -1.33. The van der Waals surface area contributed by atoms with Crippen molar-refractivity contribution in [2.24, 2.45) is 0 Å². The molecule has 0 bridgehead atoms. The largest absolute Gasteiger partial charge is 0.401 e. The third-order valence-electron chi connectivity index (χ3n) is 6.03. The Morgan fingerprint density at radius 3 is 2.67 bits per heavy atom. The van der Waals surface area contributed by atoms with Gasteiger partial charge < -0.3 is 9.84 Å². The first-order chi connectivity index (χ1) is 15.7. The summed E-state index contributed by atoms with van der Waals surface area (Å²) < 4.78 is 59.9. The summed E-state index contributed by atoms with van der Waals surface area (Å²) in [4.78, 5) is 16.6. The number of fused-ring (bicyclic) bond motifs is 1. The molecule has 1 fully saturated rings. The number of hydrogen-bond donors (Lipinski definition) is 2. The first-order valence-electron chi connectivity index (χ1n) is 10.2. The van der Waals surface area contributed by atoms with E-state index < -0.39 is 23.3 Å². The van der Waals surface area contributed by atoms with Gasteiger partial charge in [0.2, 0.25) is 5.91 Å². The molecule has 1 amide bonds. The molecule has 0 atom stereocenters. The average molecular weight is 459 g/mol. The molecular formula is C22H17F4N5O2. The van der Waals surface area contributed by atoms with Crippen LogP contribution in [-0.4, -0.2) is 32.4 Å². The Labute approximate surface area is 184 Å². The van der Waals surface area contributed by atoms with Crippen LogP contribution in [-0.2, 0) is 16.6 Å². The van der Waals surface area contributed by atoms with E-state index in [2.05, 4.69) is 25.7 Å². The van der Waals surface area contributed by atoms with Gasteiger partial charge in [-0.15, -0.1) is 0 Å². The Balaban J connectivity index is 1.28. The number of amides is 1. The molecule has 0 saturated heterocycles. The minimum Gasteiger partial charge on any atom is -0.358 e. The van der Waals surface area contributed by atoms with E-state index in [1.807, 2.05) is 6.07 Å². The van der Waals surface area contributed by atoms with E-state index in [9.17, 15) is 22.4 Å². The van der Waals surface area contributed by atoms with Crippen molar-refractivity contribution < 1.29 is 26.9 Å². The summed E-state index contributed by atoms with van der Waals surface area (Å²) >= 11 is 0. The Morgan fingerprint density at radius 1 is 1.15 bits per heavy atom. The summed E-state index contributed by atoms with van der Waals surface area (Å²) in [7, 11) is 0. The second-order valence-corrected chi connectivity index (χ2v) is 8.07. The van der Waals surface area contributed by atoms with E-state index in [0.717, 1.165) is 11.5 Å². The van der Waals surface area contributed by atoms with Gasteiger partial charge in [0.25, 0.3) is 0 Å². The van der Waals surface area contributed by atoms with Gasteiger partial charge in [0.1, 0.15) is 11.2 Å². The number of pyridine rings is 1. The quantitative estimate of drug-likeness (QED) is 0.413. The molecule has 5 rings (SSSR count). The van der Waals surface area contributed by atoms with Crippen molar-refractivity contribution in [2.75, 3.05) is 5.32 Å². The van der Waals surface area contributed by atoms with Crippen LogP contribution >= 0.6 is 0 Å². The van der Waals surface area contributed by atoms with Crippen molar-refractivity contribution in [3.05, 3.63) is 59.9 Å². The number of nitrogens with one attached hydrogen (secondary N) is 2. The number of carbonyl (C=O) groups excluding carboxylic acids is 1. The fourth-order valence-electron chi connectivity index (χ4n) is 3.98. The molecule has 0 aliphatic heterocycles. The molecule has 0 radical (unpaired) electrons. The van der Waals surface area contributed by atoms with E-state index in [4.69, 9.17) is 4.52 Å². The maximum absolute atomic E-state index is 14.7. The van der Waals surface area contributed by atoms with Gasteiger partial charge >= 0.3 is 6.18 Å². The number of alkyl halides is 3. The lowest BCUT2D eigenvalue weighted by Gasteiger charge is -2.40. The Morgan fingerprint density at radius 2 is 1.97 bits per heavy atom. The molecule has 1 aliphatic carbocycles. The van der Waals surface area contributed by atoms with E-state index in [1.165, 1.54) is 12.1 Å². The molecule has 0 spiro atoms. The normalized spacial score (nSPS) is 15.4. The summed E-state index contributed by atoms with van der Waals surface area (Å²) in [5.74, 6) is -1.68. The van der Waals surface area contributed by atoms with Gasteiger partial charge in [-0.1, -0.05) is 23.7 Å². The van der Waals surface area contributed by atoms with Crippen molar-refractivity contribution in [1.29, 1.82) is 0 Å². The molecule has 4 aromatic rings. The Bertz CT molecular complexity index is 1340. The Hall–Kier alpha value is -3.76. The SMILES string of the molecule is O=C(Cc1ccc(-c2cnc3[nH]ncc3c2)cc1F)Nc1cc(C2(C(F)(F)F)CCC2)on1. The van der Waals surface area contributed by atoms with Crippen LogP contribution in [0.15, 0.2) is 47.2 Å². The predicted octanol–water partition coefficient (Wildman–Crippen LogP) is 4.92. The van der Waals surface area contributed by atoms with Gasteiger partial charge in [0.05, 0.1) is 12.6 Å². The standard InChI is InChI=1S/C22H17F4N5O2/c23-16-7-12(14-6-15-11-28-30-20(15)27-10-14)2-3-13(16)8-19(32)29-18-9-17(33-31-18)21(4-1-5-21)22(24,25)26/h2-3,6-7,9-11H,1,4-5,8H2,(H,27,28,30)(H,29,31,32). The number of hydrogen-bond acceptors (Lipinski definition) is 5. The fraction of sp³-hybridized carbons (Fsp3) is 0.273. The monoisotopic (exact) mass is 459 g/mol. The van der Waals surface area contributed by atoms with Gasteiger partial charge in [-0.05, 0) is 36.1 Å². The zero-order valence-electron chi connectivity index (χ0n) is 17.0. The highest BCUT2D eigenvalue weighted by Crippen LogP contribution is 2.54. The number of aromatic amines is 1. The van der Waals surface area contributed by atoms with Gasteiger partial charge in [-0.3, -0.25) is 9.89 Å². The van der Waals surface area contributed by atoms with Crippen LogP contribution in [0.1, 0.15) is 30.6 Å². The van der Waals surface area contributed by atoms with E-state index in [0.29, 0.717) is 23.2 Å². The molecule has 1 aromatic carbocycles. The molecule has 1 aliphatic rings. The molecule has 7 nitrogen and oxygen atoms in total. The van der Waals surface area contributed by atoms with Gasteiger partial charge in [-0.25, -0.2) is 9.37 Å². The molecule has 11 heteroatoms. The van der Waals surface area contributed by atoms with E-state index >= 15 is 0 Å². The maximum Gasteiger partial charge on any atom is 0.401 e. The number of benzene rings is 1. The summed E-state index contributed by atoms with van der Waals surface area (Å²) in [6.45, 7) is 0. The lowest BCUT2D eigenvalue weighted by molar-refractivity contribution is -0.218. The molecule has 3 aromatic heterocycles. The molecule has 2 N–H and O–H groups in total. The second kappa shape index (κ2) is 7.68. The van der Waals surface area contributed by atoms with Crippen LogP contribution in [0.3, 0.4) is 0 Å². The maximum atomic E-state index is 14.7. The first-order valence-corrected chi connectivity index (χ1v) is 10.2. The van der Waals surface area contributed by atoms with Crippen LogP contribution in [0.4, 0.5) is 23.4 Å². The zero-order chi connectivity index (χ0) is 23.2. The van der Waals surface area contributed by atoms with Crippen LogP contribution in [0.25, 0.3) is 22.2 Å². The number of aromatic nitrogens is 4. The Kier molecular flexibility index (Phi) is 4.91. The number of nitrogens with zero attached hydrogens (tertiary/aromatic N) is 3. The second-order valence-electron chi connectivity index (χ2n) is 8.07. The highest BCUT2D eigenvalue weighted by molar-refractivity contribution is 5.91. The molecule has 3 heterocycles. The third kappa shape index (κ3) is 3.73. The van der Waals surface area contributed by atoms with Crippen LogP contribution in [0.2, 0.25) is 0 Å². The minimum atomic E-state index is -4.46. The average Bonchev–Trinajstić information content (AvgIpc) is 3.36. The lowest BCUT2D eigenvalue weighted by Crippen LogP contribution is -2.47. The van der Waals surface area contributed by atoms with Crippen molar-refractivity contribution >= 4 is 22.8 Å². The first kappa shape index (κ1) is 21.1. The molecule has 1 saturated carbocycles. The van der Waals surface area contributed by atoms with Gasteiger partial charge in [0, 0.05) is 23.2 Å². The molecule has 33 heavy (non-hydrogen) atoms. The topological polar surface area (TPSA) is 96.7 Å². The van der Waals surface area contributed by atoms with Crippen LogP contribution < -0.4 is 5.32 Å². The number of rotatable bonds is 5. The number of H-pyrrole nitrogens is 1. The highest BCUT2D eigenvalue weighted by atomic mass is 19.4. The zero-order valence-corrected chi connectivity index (χ0v) is 17.0. The minimum absolute atomic E-state index is 0.0836. The molecule has 0 unspecified atom stereocenters.